The number of benzene rings is 2. The topological polar surface area (TPSA) is 58.2 Å². The van der Waals surface area contributed by atoms with Gasteiger partial charge in [-0.25, -0.2) is 0 Å². The number of para-hydroxylation sites is 1. The molecular formula is C20H20Cl2N2O2. The van der Waals surface area contributed by atoms with E-state index in [-0.39, 0.29) is 23.7 Å². The maximum Gasteiger partial charge on any atom is 0.227 e. The molecule has 2 aromatic rings. The maximum atomic E-state index is 12.5. The average molecular weight is 391 g/mol. The average Bonchev–Trinajstić information content (AvgIpc) is 2.65. The largest absolute Gasteiger partial charge is 0.326 e. The fraction of sp³-hybridized carbons (Fsp3) is 0.300. The molecule has 2 amide bonds. The zero-order valence-electron chi connectivity index (χ0n) is 14.2. The molecule has 4 nitrogen and oxygen atoms in total. The Morgan fingerprint density at radius 1 is 0.808 bits per heavy atom. The Morgan fingerprint density at radius 3 is 2.00 bits per heavy atom. The molecule has 0 bridgehead atoms. The third-order valence-corrected chi connectivity index (χ3v) is 5.26. The zero-order chi connectivity index (χ0) is 18.5. The molecule has 0 aromatic heterocycles. The van der Waals surface area contributed by atoms with Crippen molar-refractivity contribution in [2.45, 2.75) is 25.7 Å². The van der Waals surface area contributed by atoms with Gasteiger partial charge >= 0.3 is 0 Å². The fourth-order valence-electron chi connectivity index (χ4n) is 3.21. The van der Waals surface area contributed by atoms with Gasteiger partial charge in [-0.2, -0.15) is 0 Å². The molecule has 1 fully saturated rings. The molecule has 3 rings (SSSR count). The standard InChI is InChI=1S/C20H20Cl2N2O2/c21-15-10-11-17(22)18(12-15)24-20(26)14-8-6-13(7-9-14)19(25)23-16-4-2-1-3-5-16/h1-5,10-14H,6-9H2,(H,23,25)(H,24,26). The Morgan fingerprint density at radius 2 is 1.38 bits per heavy atom. The van der Waals surface area contributed by atoms with Crippen LogP contribution in [0.4, 0.5) is 11.4 Å². The van der Waals surface area contributed by atoms with Crippen LogP contribution in [0.25, 0.3) is 0 Å². The van der Waals surface area contributed by atoms with E-state index >= 15 is 0 Å². The molecular weight excluding hydrogens is 371 g/mol. The van der Waals surface area contributed by atoms with Crippen LogP contribution < -0.4 is 10.6 Å². The molecule has 0 unspecified atom stereocenters. The van der Waals surface area contributed by atoms with Gasteiger partial charge in [-0.05, 0) is 56.0 Å². The summed E-state index contributed by atoms with van der Waals surface area (Å²) in [7, 11) is 0. The maximum absolute atomic E-state index is 12.5. The van der Waals surface area contributed by atoms with Gasteiger partial charge in [0.25, 0.3) is 0 Å². The van der Waals surface area contributed by atoms with Gasteiger partial charge in [-0.15, -0.1) is 0 Å². The molecule has 0 saturated heterocycles. The van der Waals surface area contributed by atoms with Crippen molar-refractivity contribution in [3.8, 4) is 0 Å². The van der Waals surface area contributed by atoms with E-state index in [1.165, 1.54) is 0 Å². The third kappa shape index (κ3) is 4.77. The lowest BCUT2D eigenvalue weighted by atomic mass is 9.81. The van der Waals surface area contributed by atoms with Crippen molar-refractivity contribution in [2.75, 3.05) is 10.6 Å². The summed E-state index contributed by atoms with van der Waals surface area (Å²) in [6.45, 7) is 0. The van der Waals surface area contributed by atoms with Crippen LogP contribution in [-0.4, -0.2) is 11.8 Å². The highest BCUT2D eigenvalue weighted by molar-refractivity contribution is 6.35. The number of nitrogens with one attached hydrogen (secondary N) is 2. The lowest BCUT2D eigenvalue weighted by Crippen LogP contribution is -2.32. The first-order valence-electron chi connectivity index (χ1n) is 8.65. The van der Waals surface area contributed by atoms with Crippen molar-refractivity contribution in [1.29, 1.82) is 0 Å². The number of amides is 2. The van der Waals surface area contributed by atoms with Crippen LogP contribution in [0.3, 0.4) is 0 Å². The summed E-state index contributed by atoms with van der Waals surface area (Å²) in [4.78, 5) is 24.9. The molecule has 1 aliphatic carbocycles. The van der Waals surface area contributed by atoms with Gasteiger partial charge in [-0.3, -0.25) is 9.59 Å². The number of hydrogen-bond acceptors (Lipinski definition) is 2. The molecule has 6 heteroatoms. The normalized spacial score (nSPS) is 19.6. The first-order valence-corrected chi connectivity index (χ1v) is 9.40. The highest BCUT2D eigenvalue weighted by Crippen LogP contribution is 2.32. The minimum Gasteiger partial charge on any atom is -0.326 e. The second-order valence-corrected chi connectivity index (χ2v) is 7.36. The Hall–Kier alpha value is -2.04. The van der Waals surface area contributed by atoms with E-state index in [0.717, 1.165) is 5.69 Å². The van der Waals surface area contributed by atoms with Crippen molar-refractivity contribution >= 4 is 46.4 Å². The monoisotopic (exact) mass is 390 g/mol. The van der Waals surface area contributed by atoms with Crippen molar-refractivity contribution in [1.82, 2.24) is 0 Å². The van der Waals surface area contributed by atoms with E-state index in [1.54, 1.807) is 18.2 Å². The molecule has 136 valence electrons. The van der Waals surface area contributed by atoms with Crippen molar-refractivity contribution in [3.63, 3.8) is 0 Å². The van der Waals surface area contributed by atoms with Gasteiger partial charge in [0.15, 0.2) is 0 Å². The molecule has 0 heterocycles. The van der Waals surface area contributed by atoms with Crippen LogP contribution in [0, 0.1) is 11.8 Å². The van der Waals surface area contributed by atoms with Crippen molar-refractivity contribution in [2.24, 2.45) is 11.8 Å². The number of carbonyl (C=O) groups is 2. The minimum absolute atomic E-state index is 0.0212. The molecule has 0 aliphatic heterocycles. The van der Waals surface area contributed by atoms with Crippen molar-refractivity contribution in [3.05, 3.63) is 58.6 Å². The second-order valence-electron chi connectivity index (χ2n) is 6.52. The van der Waals surface area contributed by atoms with E-state index < -0.39 is 0 Å². The Labute approximate surface area is 162 Å². The second kappa shape index (κ2) is 8.56. The summed E-state index contributed by atoms with van der Waals surface area (Å²) < 4.78 is 0. The highest BCUT2D eigenvalue weighted by atomic mass is 35.5. The van der Waals surface area contributed by atoms with Gasteiger partial charge in [0.1, 0.15) is 0 Å². The quantitative estimate of drug-likeness (QED) is 0.736. The Bertz CT molecular complexity index is 788. The summed E-state index contributed by atoms with van der Waals surface area (Å²) in [5.41, 5.74) is 1.32. The van der Waals surface area contributed by atoms with Crippen LogP contribution in [0.2, 0.25) is 10.0 Å². The molecule has 2 aromatic carbocycles. The predicted octanol–water partition coefficient (Wildman–Crippen LogP) is 5.38. The minimum atomic E-state index is -0.120. The van der Waals surface area contributed by atoms with Gasteiger partial charge in [0, 0.05) is 22.5 Å². The van der Waals surface area contributed by atoms with Gasteiger partial charge in [0.05, 0.1) is 10.7 Å². The molecule has 1 saturated carbocycles. The number of anilines is 2. The molecule has 1 aliphatic rings. The summed E-state index contributed by atoms with van der Waals surface area (Å²) in [5, 5.41) is 6.76. The molecule has 26 heavy (non-hydrogen) atoms. The summed E-state index contributed by atoms with van der Waals surface area (Å²) in [6, 6.07) is 14.4. The number of halogens is 2. The molecule has 2 N–H and O–H groups in total. The van der Waals surface area contributed by atoms with Crippen LogP contribution in [0.5, 0.6) is 0 Å². The third-order valence-electron chi connectivity index (χ3n) is 4.70. The van der Waals surface area contributed by atoms with Gasteiger partial charge < -0.3 is 10.6 Å². The zero-order valence-corrected chi connectivity index (χ0v) is 15.7. The van der Waals surface area contributed by atoms with E-state index in [1.807, 2.05) is 30.3 Å². The van der Waals surface area contributed by atoms with E-state index in [0.29, 0.717) is 41.4 Å². The molecule has 0 spiro atoms. The predicted molar refractivity (Wildman–Crippen MR) is 106 cm³/mol. The fourth-order valence-corrected chi connectivity index (χ4v) is 3.55. The number of hydrogen-bond donors (Lipinski definition) is 2. The van der Waals surface area contributed by atoms with Crippen LogP contribution in [0.1, 0.15) is 25.7 Å². The molecule has 0 atom stereocenters. The number of carbonyl (C=O) groups excluding carboxylic acids is 2. The smallest absolute Gasteiger partial charge is 0.227 e. The van der Waals surface area contributed by atoms with Gasteiger partial charge in [-0.1, -0.05) is 41.4 Å². The summed E-state index contributed by atoms with van der Waals surface area (Å²) in [5.74, 6) is -0.233. The SMILES string of the molecule is O=C(Nc1ccccc1)C1CCC(C(=O)Nc2cc(Cl)ccc2Cl)CC1. The van der Waals surface area contributed by atoms with Crippen molar-refractivity contribution < 1.29 is 9.59 Å². The molecule has 0 radical (unpaired) electrons. The Kier molecular flexibility index (Phi) is 6.17. The van der Waals surface area contributed by atoms with E-state index in [9.17, 15) is 9.59 Å². The first-order chi connectivity index (χ1) is 12.5. The van der Waals surface area contributed by atoms with E-state index in [2.05, 4.69) is 10.6 Å². The highest BCUT2D eigenvalue weighted by Gasteiger charge is 2.30. The van der Waals surface area contributed by atoms with Gasteiger partial charge in [0.2, 0.25) is 11.8 Å². The van der Waals surface area contributed by atoms with Crippen LogP contribution in [-0.2, 0) is 9.59 Å². The van der Waals surface area contributed by atoms with Crippen LogP contribution >= 0.6 is 23.2 Å². The van der Waals surface area contributed by atoms with Crippen LogP contribution in [0.15, 0.2) is 48.5 Å². The Balaban J connectivity index is 1.52. The number of rotatable bonds is 4. The lowest BCUT2D eigenvalue weighted by molar-refractivity contribution is -0.125. The summed E-state index contributed by atoms with van der Waals surface area (Å²) >= 11 is 12.0. The van der Waals surface area contributed by atoms with E-state index in [4.69, 9.17) is 23.2 Å². The lowest BCUT2D eigenvalue weighted by Gasteiger charge is -2.27. The first kappa shape index (κ1) is 18.7. The summed E-state index contributed by atoms with van der Waals surface area (Å²) in [6.07, 6.45) is 2.74.